The lowest BCUT2D eigenvalue weighted by Crippen LogP contribution is -2.27. The Morgan fingerprint density at radius 3 is 2.28 bits per heavy atom. The number of amides is 1. The highest BCUT2D eigenvalue weighted by Crippen LogP contribution is 2.38. The number of carbonyl (C=O) groups excluding carboxylic acids is 1. The minimum atomic E-state index is 0.000298. The molecule has 1 aromatic heterocycles. The predicted octanol–water partition coefficient (Wildman–Crippen LogP) is 2.93. The van der Waals surface area contributed by atoms with Gasteiger partial charge in [-0.2, -0.15) is 0 Å². The Hall–Kier alpha value is -2.28. The minimum Gasteiger partial charge on any atom is -0.493 e. The maximum atomic E-state index is 12.5. The van der Waals surface area contributed by atoms with Crippen molar-refractivity contribution in [3.63, 3.8) is 0 Å². The van der Waals surface area contributed by atoms with E-state index in [1.807, 2.05) is 5.38 Å². The quantitative estimate of drug-likeness (QED) is 0.721. The maximum absolute atomic E-state index is 12.5. The molecule has 0 aliphatic carbocycles. The second-order valence-corrected chi connectivity index (χ2v) is 6.49. The summed E-state index contributed by atoms with van der Waals surface area (Å²) in [5, 5.41) is 3.09. The Morgan fingerprint density at radius 1 is 1.16 bits per heavy atom. The molecule has 25 heavy (non-hydrogen) atoms. The summed E-state index contributed by atoms with van der Waals surface area (Å²) in [5.74, 6) is 1.60. The number of hydrogen-bond donors (Lipinski definition) is 0. The third-order valence-electron chi connectivity index (χ3n) is 3.81. The number of hydrogen-bond acceptors (Lipinski definition) is 6. The SMILES string of the molecule is CCc1nc(CN(C)C(=O)Cc2cc(OC)c(OC)c(OC)c2)cs1. The second kappa shape index (κ2) is 8.71. The summed E-state index contributed by atoms with van der Waals surface area (Å²) in [4.78, 5) is 18.7. The van der Waals surface area contributed by atoms with Crippen LogP contribution in [0.1, 0.15) is 23.2 Å². The average Bonchev–Trinajstić information content (AvgIpc) is 3.08. The van der Waals surface area contributed by atoms with Gasteiger partial charge in [-0.05, 0) is 24.1 Å². The lowest BCUT2D eigenvalue weighted by Gasteiger charge is -2.18. The topological polar surface area (TPSA) is 60.9 Å². The zero-order chi connectivity index (χ0) is 18.4. The first-order valence-corrected chi connectivity index (χ1v) is 8.86. The second-order valence-electron chi connectivity index (χ2n) is 5.55. The highest BCUT2D eigenvalue weighted by molar-refractivity contribution is 7.09. The van der Waals surface area contributed by atoms with Crippen LogP contribution in [0.15, 0.2) is 17.5 Å². The molecule has 0 spiro atoms. The molecule has 0 N–H and O–H groups in total. The van der Waals surface area contributed by atoms with Crippen molar-refractivity contribution in [2.75, 3.05) is 28.4 Å². The predicted molar refractivity (Wildman–Crippen MR) is 97.8 cm³/mol. The maximum Gasteiger partial charge on any atom is 0.227 e. The van der Waals surface area contributed by atoms with Crippen molar-refractivity contribution in [1.82, 2.24) is 9.88 Å². The molecule has 1 amide bonds. The largest absolute Gasteiger partial charge is 0.493 e. The van der Waals surface area contributed by atoms with Gasteiger partial charge in [0.1, 0.15) is 0 Å². The van der Waals surface area contributed by atoms with Crippen LogP contribution in [0.25, 0.3) is 0 Å². The monoisotopic (exact) mass is 364 g/mol. The fourth-order valence-electron chi connectivity index (χ4n) is 2.46. The highest BCUT2D eigenvalue weighted by atomic mass is 32.1. The molecule has 136 valence electrons. The number of rotatable bonds is 8. The van der Waals surface area contributed by atoms with Gasteiger partial charge in [-0.15, -0.1) is 11.3 Å². The summed E-state index contributed by atoms with van der Waals surface area (Å²) in [5.41, 5.74) is 1.72. The van der Waals surface area contributed by atoms with E-state index in [1.54, 1.807) is 56.7 Å². The number of likely N-dealkylation sites (N-methyl/N-ethyl adjacent to an activating group) is 1. The van der Waals surface area contributed by atoms with Crippen molar-refractivity contribution >= 4 is 17.2 Å². The number of ether oxygens (including phenoxy) is 3. The molecule has 0 aliphatic heterocycles. The first-order chi connectivity index (χ1) is 12.0. The molecule has 0 saturated carbocycles. The smallest absolute Gasteiger partial charge is 0.227 e. The molecule has 0 atom stereocenters. The molecule has 1 aromatic carbocycles. The molecule has 7 heteroatoms. The van der Waals surface area contributed by atoms with E-state index < -0.39 is 0 Å². The highest BCUT2D eigenvalue weighted by Gasteiger charge is 2.17. The number of thiazole rings is 1. The van der Waals surface area contributed by atoms with Crippen LogP contribution in [0.4, 0.5) is 0 Å². The third-order valence-corrected chi connectivity index (χ3v) is 4.85. The van der Waals surface area contributed by atoms with Crippen LogP contribution in [0.2, 0.25) is 0 Å². The molecule has 0 bridgehead atoms. The Labute approximate surface area is 152 Å². The Balaban J connectivity index is 2.10. The van der Waals surface area contributed by atoms with Gasteiger partial charge in [-0.25, -0.2) is 4.98 Å². The summed E-state index contributed by atoms with van der Waals surface area (Å²) >= 11 is 1.63. The van der Waals surface area contributed by atoms with E-state index in [4.69, 9.17) is 14.2 Å². The van der Waals surface area contributed by atoms with Crippen molar-refractivity contribution in [2.45, 2.75) is 26.3 Å². The molecule has 6 nitrogen and oxygen atoms in total. The van der Waals surface area contributed by atoms with E-state index in [-0.39, 0.29) is 12.3 Å². The van der Waals surface area contributed by atoms with E-state index in [9.17, 15) is 4.79 Å². The van der Waals surface area contributed by atoms with Crippen molar-refractivity contribution in [3.05, 3.63) is 33.8 Å². The number of benzene rings is 1. The number of aryl methyl sites for hydroxylation is 1. The summed E-state index contributed by atoms with van der Waals surface area (Å²) in [6, 6.07) is 3.59. The van der Waals surface area contributed by atoms with Crippen LogP contribution >= 0.6 is 11.3 Å². The van der Waals surface area contributed by atoms with Gasteiger partial charge in [0.15, 0.2) is 11.5 Å². The van der Waals surface area contributed by atoms with E-state index in [1.165, 1.54) is 0 Å². The van der Waals surface area contributed by atoms with Gasteiger partial charge in [0.25, 0.3) is 0 Å². The molecule has 0 saturated heterocycles. The van der Waals surface area contributed by atoms with Gasteiger partial charge >= 0.3 is 0 Å². The zero-order valence-corrected chi connectivity index (χ0v) is 16.1. The van der Waals surface area contributed by atoms with E-state index >= 15 is 0 Å². The lowest BCUT2D eigenvalue weighted by atomic mass is 10.1. The third kappa shape index (κ3) is 4.63. The number of nitrogens with zero attached hydrogens (tertiary/aromatic N) is 2. The molecule has 1 heterocycles. The molecular formula is C18H24N2O4S. The zero-order valence-electron chi connectivity index (χ0n) is 15.3. The number of carbonyl (C=O) groups is 1. The van der Waals surface area contributed by atoms with Crippen molar-refractivity contribution in [3.8, 4) is 17.2 Å². The van der Waals surface area contributed by atoms with Gasteiger partial charge < -0.3 is 19.1 Å². The Kier molecular flexibility index (Phi) is 6.64. The van der Waals surface area contributed by atoms with Gasteiger partial charge in [-0.1, -0.05) is 6.92 Å². The van der Waals surface area contributed by atoms with Gasteiger partial charge in [0, 0.05) is 12.4 Å². The molecule has 2 rings (SSSR count). The Morgan fingerprint density at radius 2 is 1.80 bits per heavy atom. The van der Waals surface area contributed by atoms with Crippen molar-refractivity contribution < 1.29 is 19.0 Å². The number of aromatic nitrogens is 1. The van der Waals surface area contributed by atoms with Crippen LogP contribution in [0, 0.1) is 0 Å². The normalized spacial score (nSPS) is 10.4. The number of methoxy groups -OCH3 is 3. The average molecular weight is 364 g/mol. The summed E-state index contributed by atoms with van der Waals surface area (Å²) < 4.78 is 16.0. The summed E-state index contributed by atoms with van der Waals surface area (Å²) in [6.45, 7) is 2.57. The van der Waals surface area contributed by atoms with Crippen LogP contribution in [-0.2, 0) is 24.2 Å². The van der Waals surface area contributed by atoms with Crippen LogP contribution < -0.4 is 14.2 Å². The Bertz CT molecular complexity index is 705. The molecule has 0 fully saturated rings. The van der Waals surface area contributed by atoms with Crippen LogP contribution in [-0.4, -0.2) is 44.2 Å². The summed E-state index contributed by atoms with van der Waals surface area (Å²) in [7, 11) is 6.45. The van der Waals surface area contributed by atoms with E-state index in [0.29, 0.717) is 23.8 Å². The first-order valence-electron chi connectivity index (χ1n) is 7.98. The van der Waals surface area contributed by atoms with Crippen LogP contribution in [0.3, 0.4) is 0 Å². The van der Waals surface area contributed by atoms with E-state index in [2.05, 4.69) is 11.9 Å². The molecular weight excluding hydrogens is 340 g/mol. The molecule has 2 aromatic rings. The van der Waals surface area contributed by atoms with Crippen molar-refractivity contribution in [1.29, 1.82) is 0 Å². The molecule has 0 radical (unpaired) electrons. The van der Waals surface area contributed by atoms with E-state index in [0.717, 1.165) is 22.7 Å². The molecule has 0 unspecified atom stereocenters. The fourth-order valence-corrected chi connectivity index (χ4v) is 3.20. The van der Waals surface area contributed by atoms with Gasteiger partial charge in [0.05, 0.1) is 45.0 Å². The first kappa shape index (κ1) is 19.1. The lowest BCUT2D eigenvalue weighted by molar-refractivity contribution is -0.129. The van der Waals surface area contributed by atoms with Gasteiger partial charge in [-0.3, -0.25) is 4.79 Å². The molecule has 0 aliphatic rings. The standard InChI is InChI=1S/C18H24N2O4S/c1-6-16-19-13(11-25-16)10-20(2)17(21)9-12-7-14(22-3)18(24-5)15(8-12)23-4/h7-8,11H,6,9-10H2,1-5H3. The fraction of sp³-hybridized carbons (Fsp3) is 0.444. The van der Waals surface area contributed by atoms with Gasteiger partial charge in [0.2, 0.25) is 11.7 Å². The summed E-state index contributed by atoms with van der Waals surface area (Å²) in [6.07, 6.45) is 1.16. The minimum absolute atomic E-state index is 0.000298. The van der Waals surface area contributed by atoms with Crippen molar-refractivity contribution in [2.24, 2.45) is 0 Å². The van der Waals surface area contributed by atoms with Crippen LogP contribution in [0.5, 0.6) is 17.2 Å².